The van der Waals surface area contributed by atoms with Gasteiger partial charge in [0, 0.05) is 21.5 Å². The fraction of sp³-hybridized carbons (Fsp3) is 0. The van der Waals surface area contributed by atoms with Crippen molar-refractivity contribution in [2.24, 2.45) is 0 Å². The fourth-order valence-electron chi connectivity index (χ4n) is 7.12. The van der Waals surface area contributed by atoms with E-state index in [0.717, 1.165) is 49.4 Å². The summed E-state index contributed by atoms with van der Waals surface area (Å²) >= 11 is 0. The average Bonchev–Trinajstić information content (AvgIpc) is 3.63. The lowest BCUT2D eigenvalue weighted by Gasteiger charge is -2.12. The number of fused-ring (bicyclic) bond motifs is 12. The van der Waals surface area contributed by atoms with Crippen molar-refractivity contribution in [2.75, 3.05) is 0 Å². The molecule has 10 aromatic rings. The first-order chi connectivity index (χ1) is 21.8. The van der Waals surface area contributed by atoms with Crippen molar-refractivity contribution in [3.8, 4) is 22.3 Å². The smallest absolute Gasteiger partial charge is 0.136 e. The average molecular weight is 561 g/mol. The summed E-state index contributed by atoms with van der Waals surface area (Å²) in [5.74, 6) is 0. The van der Waals surface area contributed by atoms with Crippen molar-refractivity contribution in [1.29, 1.82) is 0 Å². The van der Waals surface area contributed by atoms with Gasteiger partial charge in [0.1, 0.15) is 22.3 Å². The quantitative estimate of drug-likeness (QED) is 0.197. The molecule has 0 aliphatic rings. The van der Waals surface area contributed by atoms with Crippen molar-refractivity contribution < 1.29 is 8.83 Å². The molecule has 0 bridgehead atoms. The third-order valence-corrected chi connectivity index (χ3v) is 9.25. The molecule has 0 radical (unpaired) electrons. The summed E-state index contributed by atoms with van der Waals surface area (Å²) in [6.07, 6.45) is 0. The maximum absolute atomic E-state index is 6.42. The molecule has 0 fully saturated rings. The van der Waals surface area contributed by atoms with Gasteiger partial charge in [-0.25, -0.2) is 0 Å². The van der Waals surface area contributed by atoms with Gasteiger partial charge in [0.05, 0.1) is 0 Å². The van der Waals surface area contributed by atoms with E-state index in [4.69, 9.17) is 8.83 Å². The van der Waals surface area contributed by atoms with Crippen LogP contribution in [0.5, 0.6) is 0 Å². The lowest BCUT2D eigenvalue weighted by molar-refractivity contribution is 0.664. The van der Waals surface area contributed by atoms with Gasteiger partial charge in [0.15, 0.2) is 0 Å². The minimum Gasteiger partial charge on any atom is -0.456 e. The summed E-state index contributed by atoms with van der Waals surface area (Å²) in [4.78, 5) is 0. The predicted molar refractivity (Wildman–Crippen MR) is 184 cm³/mol. The Balaban J connectivity index is 1.16. The van der Waals surface area contributed by atoms with Crippen LogP contribution in [0, 0.1) is 0 Å². The molecule has 2 heteroatoms. The minimum absolute atomic E-state index is 0.869. The Labute approximate surface area is 252 Å². The van der Waals surface area contributed by atoms with Crippen molar-refractivity contribution in [3.05, 3.63) is 146 Å². The number of hydrogen-bond donors (Lipinski definition) is 0. The van der Waals surface area contributed by atoms with E-state index in [1.807, 2.05) is 6.07 Å². The van der Waals surface area contributed by atoms with E-state index in [2.05, 4.69) is 140 Å². The second-order valence-corrected chi connectivity index (χ2v) is 11.7. The maximum Gasteiger partial charge on any atom is 0.136 e. The van der Waals surface area contributed by atoms with Gasteiger partial charge >= 0.3 is 0 Å². The Morgan fingerprint density at radius 2 is 0.614 bits per heavy atom. The Hall–Kier alpha value is -5.86. The summed E-state index contributed by atoms with van der Waals surface area (Å²) in [5.41, 5.74) is 8.21. The van der Waals surface area contributed by atoms with E-state index in [1.54, 1.807) is 0 Å². The molecule has 0 N–H and O–H groups in total. The van der Waals surface area contributed by atoms with Crippen molar-refractivity contribution >= 4 is 76.2 Å². The Morgan fingerprint density at radius 3 is 1.16 bits per heavy atom. The fourth-order valence-corrected chi connectivity index (χ4v) is 7.12. The first-order valence-corrected chi connectivity index (χ1v) is 15.0. The van der Waals surface area contributed by atoms with Crippen LogP contribution >= 0.6 is 0 Å². The predicted octanol–water partition coefficient (Wildman–Crippen LogP) is 12.3. The summed E-state index contributed by atoms with van der Waals surface area (Å²) in [6, 6.07) is 52.0. The lowest BCUT2D eigenvalue weighted by atomic mass is 9.92. The van der Waals surface area contributed by atoms with E-state index >= 15 is 0 Å². The molecular formula is C42H24O2. The van der Waals surface area contributed by atoms with Gasteiger partial charge in [-0.15, -0.1) is 0 Å². The SMILES string of the molecule is c1ccc(-c2ccc3oc4cc5c(cc4c3c2)oc2ccc(-c3ccc4c6ccccc6c6ccccc6c4c3)cc25)cc1. The molecule has 0 saturated heterocycles. The zero-order valence-electron chi connectivity index (χ0n) is 23.7. The maximum atomic E-state index is 6.42. The van der Waals surface area contributed by atoms with E-state index in [0.29, 0.717) is 0 Å². The van der Waals surface area contributed by atoms with Crippen LogP contribution in [0.2, 0.25) is 0 Å². The Bertz CT molecular complexity index is 2730. The molecule has 10 rings (SSSR count). The molecule has 0 saturated carbocycles. The van der Waals surface area contributed by atoms with Crippen LogP contribution in [0.4, 0.5) is 0 Å². The summed E-state index contributed by atoms with van der Waals surface area (Å²) in [5, 5.41) is 12.0. The lowest BCUT2D eigenvalue weighted by Crippen LogP contribution is -1.85. The standard InChI is InChI=1S/C42H24O2/c1-2-8-25(9-3-1)26-15-18-39-35(21-26)37-23-42-38(24-41(37)43-39)36-22-28(16-19-40(36)44-42)27-14-17-33-31-12-5-4-10-29(31)30-11-6-7-13-32(30)34(33)20-27/h1-24H. The summed E-state index contributed by atoms with van der Waals surface area (Å²) in [7, 11) is 0. The zero-order valence-corrected chi connectivity index (χ0v) is 23.7. The van der Waals surface area contributed by atoms with Crippen LogP contribution in [-0.4, -0.2) is 0 Å². The topological polar surface area (TPSA) is 26.3 Å². The first kappa shape index (κ1) is 23.7. The molecular weight excluding hydrogens is 536 g/mol. The van der Waals surface area contributed by atoms with Gasteiger partial charge in [-0.1, -0.05) is 103 Å². The first-order valence-electron chi connectivity index (χ1n) is 15.0. The van der Waals surface area contributed by atoms with Crippen LogP contribution in [0.25, 0.3) is 98.4 Å². The zero-order chi connectivity index (χ0) is 28.8. The third-order valence-electron chi connectivity index (χ3n) is 9.25. The Kier molecular flexibility index (Phi) is 4.75. The molecule has 0 amide bonds. The Morgan fingerprint density at radius 1 is 0.227 bits per heavy atom. The second-order valence-electron chi connectivity index (χ2n) is 11.7. The molecule has 0 aliphatic heterocycles. The largest absolute Gasteiger partial charge is 0.456 e. The van der Waals surface area contributed by atoms with Crippen LogP contribution in [0.1, 0.15) is 0 Å². The van der Waals surface area contributed by atoms with Gasteiger partial charge < -0.3 is 8.83 Å². The van der Waals surface area contributed by atoms with Gasteiger partial charge in [0.2, 0.25) is 0 Å². The van der Waals surface area contributed by atoms with Gasteiger partial charge in [-0.05, 0) is 97.0 Å². The van der Waals surface area contributed by atoms with E-state index < -0.39 is 0 Å². The number of rotatable bonds is 2. The molecule has 44 heavy (non-hydrogen) atoms. The highest BCUT2D eigenvalue weighted by molar-refractivity contribution is 6.26. The molecule has 2 aromatic heterocycles. The molecule has 2 heterocycles. The van der Waals surface area contributed by atoms with Gasteiger partial charge in [-0.2, -0.15) is 0 Å². The molecule has 0 aliphatic carbocycles. The molecule has 8 aromatic carbocycles. The van der Waals surface area contributed by atoms with E-state index in [9.17, 15) is 0 Å². The van der Waals surface area contributed by atoms with E-state index in [-0.39, 0.29) is 0 Å². The monoisotopic (exact) mass is 560 g/mol. The molecule has 204 valence electrons. The normalized spacial score (nSPS) is 12.1. The number of hydrogen-bond acceptors (Lipinski definition) is 2. The second kappa shape index (κ2) is 8.82. The highest BCUT2D eigenvalue weighted by Gasteiger charge is 2.16. The molecule has 0 spiro atoms. The number of benzene rings is 8. The van der Waals surface area contributed by atoms with Crippen molar-refractivity contribution in [2.45, 2.75) is 0 Å². The van der Waals surface area contributed by atoms with E-state index in [1.165, 1.54) is 49.0 Å². The molecule has 0 atom stereocenters. The van der Waals surface area contributed by atoms with Crippen LogP contribution in [0.3, 0.4) is 0 Å². The highest BCUT2D eigenvalue weighted by atomic mass is 16.3. The third kappa shape index (κ3) is 3.37. The molecule has 2 nitrogen and oxygen atoms in total. The van der Waals surface area contributed by atoms with Crippen molar-refractivity contribution in [3.63, 3.8) is 0 Å². The van der Waals surface area contributed by atoms with Gasteiger partial charge in [-0.3, -0.25) is 0 Å². The summed E-state index contributed by atoms with van der Waals surface area (Å²) in [6.45, 7) is 0. The summed E-state index contributed by atoms with van der Waals surface area (Å²) < 4.78 is 12.8. The van der Waals surface area contributed by atoms with Crippen LogP contribution in [0.15, 0.2) is 154 Å². The highest BCUT2D eigenvalue weighted by Crippen LogP contribution is 2.41. The molecule has 0 unspecified atom stereocenters. The van der Waals surface area contributed by atoms with Gasteiger partial charge in [0.25, 0.3) is 0 Å². The van der Waals surface area contributed by atoms with Crippen LogP contribution in [-0.2, 0) is 0 Å². The minimum atomic E-state index is 0.869. The van der Waals surface area contributed by atoms with Crippen molar-refractivity contribution in [1.82, 2.24) is 0 Å². The van der Waals surface area contributed by atoms with Crippen LogP contribution < -0.4 is 0 Å². The number of furan rings is 2.